The maximum Gasteiger partial charge on any atom is 0.311 e. The number of aromatic nitrogens is 1. The Morgan fingerprint density at radius 2 is 2.20 bits per heavy atom. The van der Waals surface area contributed by atoms with Crippen LogP contribution in [0, 0.1) is 10.1 Å². The van der Waals surface area contributed by atoms with Gasteiger partial charge in [0.2, 0.25) is 5.82 Å². The van der Waals surface area contributed by atoms with Gasteiger partial charge in [-0.1, -0.05) is 6.92 Å². The standard InChI is InChI=1S/C13H22N4O3/c1-4-8-14-12-7-6-11(17(18)19)13(15-12)16(3)9-10-20-5-2/h6-7H,4-5,8-10H2,1-3H3,(H,14,15). The van der Waals surface area contributed by atoms with Gasteiger partial charge < -0.3 is 15.0 Å². The lowest BCUT2D eigenvalue weighted by Crippen LogP contribution is -2.24. The topological polar surface area (TPSA) is 80.5 Å². The average molecular weight is 282 g/mol. The molecule has 0 spiro atoms. The van der Waals surface area contributed by atoms with Crippen molar-refractivity contribution < 1.29 is 9.66 Å². The zero-order chi connectivity index (χ0) is 15.0. The quantitative estimate of drug-likeness (QED) is 0.425. The molecule has 0 aliphatic carbocycles. The van der Waals surface area contributed by atoms with Gasteiger partial charge >= 0.3 is 5.69 Å². The number of nitrogens with one attached hydrogen (secondary N) is 1. The van der Waals surface area contributed by atoms with Crippen molar-refractivity contribution >= 4 is 17.3 Å². The van der Waals surface area contributed by atoms with E-state index in [2.05, 4.69) is 10.3 Å². The summed E-state index contributed by atoms with van der Waals surface area (Å²) in [6.45, 7) is 6.44. The fourth-order valence-corrected chi connectivity index (χ4v) is 1.67. The molecule has 0 radical (unpaired) electrons. The van der Waals surface area contributed by atoms with Crippen molar-refractivity contribution in [2.24, 2.45) is 0 Å². The molecule has 20 heavy (non-hydrogen) atoms. The Bertz CT molecular complexity index is 440. The van der Waals surface area contributed by atoms with E-state index in [1.807, 2.05) is 13.8 Å². The molecule has 1 rings (SSSR count). The summed E-state index contributed by atoms with van der Waals surface area (Å²) in [5.41, 5.74) is 0.00560. The average Bonchev–Trinajstić information content (AvgIpc) is 2.44. The highest BCUT2D eigenvalue weighted by atomic mass is 16.6. The smallest absolute Gasteiger partial charge is 0.311 e. The molecule has 0 aromatic carbocycles. The fourth-order valence-electron chi connectivity index (χ4n) is 1.67. The lowest BCUT2D eigenvalue weighted by molar-refractivity contribution is -0.384. The summed E-state index contributed by atoms with van der Waals surface area (Å²) in [6.07, 6.45) is 0.966. The highest BCUT2D eigenvalue weighted by Crippen LogP contribution is 2.26. The van der Waals surface area contributed by atoms with Crippen LogP contribution in [-0.4, -0.2) is 43.3 Å². The number of nitro groups is 1. The molecule has 0 bridgehead atoms. The van der Waals surface area contributed by atoms with E-state index in [0.29, 0.717) is 31.4 Å². The molecule has 1 heterocycles. The summed E-state index contributed by atoms with van der Waals surface area (Å²) in [7, 11) is 1.78. The van der Waals surface area contributed by atoms with Crippen molar-refractivity contribution in [3.8, 4) is 0 Å². The van der Waals surface area contributed by atoms with Gasteiger partial charge in [-0.2, -0.15) is 0 Å². The van der Waals surface area contributed by atoms with Crippen molar-refractivity contribution in [1.82, 2.24) is 4.98 Å². The van der Waals surface area contributed by atoms with Gasteiger partial charge in [-0.3, -0.25) is 10.1 Å². The summed E-state index contributed by atoms with van der Waals surface area (Å²) >= 11 is 0. The van der Waals surface area contributed by atoms with Gasteiger partial charge in [-0.25, -0.2) is 4.98 Å². The molecule has 7 nitrogen and oxygen atoms in total. The van der Waals surface area contributed by atoms with Crippen LogP contribution in [0.25, 0.3) is 0 Å². The second kappa shape index (κ2) is 8.31. The minimum atomic E-state index is -0.414. The van der Waals surface area contributed by atoms with E-state index in [-0.39, 0.29) is 5.69 Å². The monoisotopic (exact) mass is 282 g/mol. The van der Waals surface area contributed by atoms with E-state index in [4.69, 9.17) is 4.74 Å². The first-order valence-electron chi connectivity index (χ1n) is 6.78. The molecule has 0 aliphatic heterocycles. The molecule has 1 aromatic heterocycles. The molecular weight excluding hydrogens is 260 g/mol. The summed E-state index contributed by atoms with van der Waals surface area (Å²) in [4.78, 5) is 16.7. The van der Waals surface area contributed by atoms with E-state index in [0.717, 1.165) is 13.0 Å². The highest BCUT2D eigenvalue weighted by Gasteiger charge is 2.19. The molecule has 7 heteroatoms. The number of rotatable bonds is 9. The van der Waals surface area contributed by atoms with Gasteiger partial charge in [0.15, 0.2) is 0 Å². The number of hydrogen-bond donors (Lipinski definition) is 1. The van der Waals surface area contributed by atoms with Crippen LogP contribution in [0.2, 0.25) is 0 Å². The third-order valence-corrected chi connectivity index (χ3v) is 2.74. The molecule has 1 aromatic rings. The van der Waals surface area contributed by atoms with Crippen LogP contribution < -0.4 is 10.2 Å². The Balaban J connectivity index is 2.89. The first-order valence-corrected chi connectivity index (χ1v) is 6.78. The van der Waals surface area contributed by atoms with Gasteiger partial charge in [0.25, 0.3) is 0 Å². The second-order valence-electron chi connectivity index (χ2n) is 4.34. The largest absolute Gasteiger partial charge is 0.380 e. The normalized spacial score (nSPS) is 10.3. The number of pyridine rings is 1. The van der Waals surface area contributed by atoms with Gasteiger partial charge in [0, 0.05) is 32.8 Å². The van der Waals surface area contributed by atoms with Crippen molar-refractivity contribution in [3.05, 3.63) is 22.2 Å². The van der Waals surface area contributed by atoms with Gasteiger partial charge in [0.05, 0.1) is 11.5 Å². The third-order valence-electron chi connectivity index (χ3n) is 2.74. The zero-order valence-corrected chi connectivity index (χ0v) is 12.3. The van der Waals surface area contributed by atoms with Crippen LogP contribution in [0.15, 0.2) is 12.1 Å². The zero-order valence-electron chi connectivity index (χ0n) is 12.3. The Labute approximate surface area is 119 Å². The predicted molar refractivity (Wildman–Crippen MR) is 79.4 cm³/mol. The Morgan fingerprint density at radius 1 is 1.45 bits per heavy atom. The lowest BCUT2D eigenvalue weighted by atomic mass is 10.3. The first kappa shape index (κ1) is 16.2. The minimum absolute atomic E-state index is 0.00560. The van der Waals surface area contributed by atoms with Crippen LogP contribution in [0.5, 0.6) is 0 Å². The lowest BCUT2D eigenvalue weighted by Gasteiger charge is -2.18. The number of anilines is 2. The van der Waals surface area contributed by atoms with E-state index in [1.165, 1.54) is 6.07 Å². The van der Waals surface area contributed by atoms with E-state index in [1.54, 1.807) is 18.0 Å². The van der Waals surface area contributed by atoms with E-state index >= 15 is 0 Å². The van der Waals surface area contributed by atoms with Crippen LogP contribution in [0.3, 0.4) is 0 Å². The van der Waals surface area contributed by atoms with Crippen molar-refractivity contribution in [1.29, 1.82) is 0 Å². The van der Waals surface area contributed by atoms with E-state index < -0.39 is 4.92 Å². The maximum absolute atomic E-state index is 11.1. The van der Waals surface area contributed by atoms with Crippen molar-refractivity contribution in [3.63, 3.8) is 0 Å². The third kappa shape index (κ3) is 4.65. The summed E-state index contributed by atoms with van der Waals surface area (Å²) < 4.78 is 5.27. The fraction of sp³-hybridized carbons (Fsp3) is 0.615. The van der Waals surface area contributed by atoms with Crippen LogP contribution in [0.1, 0.15) is 20.3 Å². The molecular formula is C13H22N4O3. The highest BCUT2D eigenvalue weighted by molar-refractivity contribution is 5.61. The van der Waals surface area contributed by atoms with Gasteiger partial charge in [-0.05, 0) is 19.4 Å². The predicted octanol–water partition coefficient (Wildman–Crippen LogP) is 2.28. The summed E-state index contributed by atoms with van der Waals surface area (Å²) in [6, 6.07) is 3.12. The molecule has 0 amide bonds. The number of nitrogens with zero attached hydrogens (tertiary/aromatic N) is 3. The van der Waals surface area contributed by atoms with Crippen molar-refractivity contribution in [2.45, 2.75) is 20.3 Å². The summed E-state index contributed by atoms with van der Waals surface area (Å²) in [5, 5.41) is 14.2. The van der Waals surface area contributed by atoms with Crippen LogP contribution in [-0.2, 0) is 4.74 Å². The second-order valence-corrected chi connectivity index (χ2v) is 4.34. The number of ether oxygens (including phenoxy) is 1. The molecule has 0 saturated heterocycles. The number of likely N-dealkylation sites (N-methyl/N-ethyl adjacent to an activating group) is 1. The Kier molecular flexibility index (Phi) is 6.72. The molecule has 0 aliphatic rings. The van der Waals surface area contributed by atoms with Gasteiger partial charge in [-0.15, -0.1) is 0 Å². The molecule has 0 atom stereocenters. The van der Waals surface area contributed by atoms with Gasteiger partial charge in [0.1, 0.15) is 5.82 Å². The Hall–Kier alpha value is -1.89. The minimum Gasteiger partial charge on any atom is -0.380 e. The van der Waals surface area contributed by atoms with Crippen molar-refractivity contribution in [2.75, 3.05) is 43.6 Å². The molecule has 0 saturated carbocycles. The SMILES string of the molecule is CCCNc1ccc([N+](=O)[O-])c(N(C)CCOCC)n1. The van der Waals surface area contributed by atoms with E-state index in [9.17, 15) is 10.1 Å². The van der Waals surface area contributed by atoms with Crippen LogP contribution in [0.4, 0.5) is 17.3 Å². The van der Waals surface area contributed by atoms with Crippen LogP contribution >= 0.6 is 0 Å². The molecule has 1 N–H and O–H groups in total. The first-order chi connectivity index (χ1) is 9.60. The molecule has 112 valence electrons. The number of hydrogen-bond acceptors (Lipinski definition) is 6. The Morgan fingerprint density at radius 3 is 2.80 bits per heavy atom. The molecule has 0 fully saturated rings. The summed E-state index contributed by atoms with van der Waals surface area (Å²) in [5.74, 6) is 1.01. The maximum atomic E-state index is 11.1. The molecule has 0 unspecified atom stereocenters.